The van der Waals surface area contributed by atoms with Gasteiger partial charge in [0.1, 0.15) is 0 Å². The van der Waals surface area contributed by atoms with Gasteiger partial charge >= 0.3 is 0 Å². The number of carbonyl (C=O) groups is 3. The van der Waals surface area contributed by atoms with Crippen molar-refractivity contribution in [2.24, 2.45) is 0 Å². The van der Waals surface area contributed by atoms with Crippen LogP contribution in [0, 0.1) is 6.92 Å². The van der Waals surface area contributed by atoms with E-state index in [0.717, 1.165) is 10.5 Å². The van der Waals surface area contributed by atoms with Gasteiger partial charge in [0.2, 0.25) is 5.91 Å². The molecule has 0 aliphatic carbocycles. The van der Waals surface area contributed by atoms with Crippen LogP contribution in [0.2, 0.25) is 0 Å². The summed E-state index contributed by atoms with van der Waals surface area (Å²) < 4.78 is 0. The van der Waals surface area contributed by atoms with Crippen LogP contribution in [0.3, 0.4) is 0 Å². The first kappa shape index (κ1) is 14.0. The number of nitrogens with zero attached hydrogens (tertiary/aromatic N) is 1. The predicted molar refractivity (Wildman–Crippen MR) is 83.1 cm³/mol. The molecule has 0 saturated carbocycles. The number of nitrogens with one attached hydrogen (secondary N) is 1. The average molecular weight is 294 g/mol. The fraction of sp³-hybridized carbons (Fsp3) is 0.118. The molecule has 0 atom stereocenters. The van der Waals surface area contributed by atoms with E-state index in [1.54, 1.807) is 42.5 Å². The number of amides is 3. The molecule has 0 radical (unpaired) electrons. The summed E-state index contributed by atoms with van der Waals surface area (Å²) in [5.74, 6) is -0.823. The maximum atomic E-state index is 12.4. The van der Waals surface area contributed by atoms with Crippen molar-refractivity contribution in [2.75, 3.05) is 10.2 Å². The molecule has 5 nitrogen and oxygen atoms in total. The maximum absolute atomic E-state index is 12.4. The second-order valence-corrected chi connectivity index (χ2v) is 5.17. The van der Waals surface area contributed by atoms with Gasteiger partial charge < -0.3 is 5.32 Å². The zero-order valence-corrected chi connectivity index (χ0v) is 12.2. The van der Waals surface area contributed by atoms with E-state index < -0.39 is 0 Å². The van der Waals surface area contributed by atoms with Gasteiger partial charge in [-0.25, -0.2) is 4.90 Å². The first-order chi connectivity index (χ1) is 10.5. The number of rotatable bonds is 2. The van der Waals surface area contributed by atoms with E-state index in [9.17, 15) is 14.4 Å². The third kappa shape index (κ3) is 2.16. The third-order valence-electron chi connectivity index (χ3n) is 3.57. The molecule has 1 N–H and O–H groups in total. The number of carbonyl (C=O) groups excluding carboxylic acids is 3. The quantitative estimate of drug-likeness (QED) is 0.866. The van der Waals surface area contributed by atoms with E-state index >= 15 is 0 Å². The Morgan fingerprint density at radius 3 is 2.09 bits per heavy atom. The van der Waals surface area contributed by atoms with Crippen LogP contribution in [-0.2, 0) is 4.79 Å². The highest BCUT2D eigenvalue weighted by Gasteiger charge is 2.36. The second kappa shape index (κ2) is 5.11. The lowest BCUT2D eigenvalue weighted by Gasteiger charge is -2.16. The minimum atomic E-state index is -0.327. The number of fused-ring (bicyclic) bond motifs is 1. The van der Waals surface area contributed by atoms with Gasteiger partial charge in [0.15, 0.2) is 0 Å². The summed E-state index contributed by atoms with van der Waals surface area (Å²) in [6.07, 6.45) is 0. The molecule has 0 saturated heterocycles. The molecule has 0 spiro atoms. The molecule has 2 aromatic rings. The van der Waals surface area contributed by atoms with Gasteiger partial charge in [-0.2, -0.15) is 0 Å². The van der Waals surface area contributed by atoms with Crippen LogP contribution >= 0.6 is 0 Å². The highest BCUT2D eigenvalue weighted by Crippen LogP contribution is 2.30. The maximum Gasteiger partial charge on any atom is 0.266 e. The monoisotopic (exact) mass is 294 g/mol. The normalized spacial score (nSPS) is 13.3. The zero-order chi connectivity index (χ0) is 15.9. The topological polar surface area (TPSA) is 66.5 Å². The molecule has 1 aliphatic rings. The summed E-state index contributed by atoms with van der Waals surface area (Å²) >= 11 is 0. The van der Waals surface area contributed by atoms with Gasteiger partial charge in [-0.1, -0.05) is 12.1 Å². The number of anilines is 2. The summed E-state index contributed by atoms with van der Waals surface area (Å²) in [6.45, 7) is 3.24. The Labute approximate surface area is 127 Å². The average Bonchev–Trinajstić information content (AvgIpc) is 2.73. The van der Waals surface area contributed by atoms with E-state index in [-0.39, 0.29) is 17.7 Å². The van der Waals surface area contributed by atoms with Crippen LogP contribution in [0.25, 0.3) is 0 Å². The van der Waals surface area contributed by atoms with Gasteiger partial charge in [-0.05, 0) is 42.8 Å². The van der Waals surface area contributed by atoms with Crippen LogP contribution in [0.15, 0.2) is 42.5 Å². The molecule has 3 rings (SSSR count). The highest BCUT2D eigenvalue weighted by atomic mass is 16.2. The van der Waals surface area contributed by atoms with Crippen LogP contribution < -0.4 is 10.2 Å². The molecule has 0 fully saturated rings. The molecule has 110 valence electrons. The van der Waals surface area contributed by atoms with E-state index in [0.29, 0.717) is 22.5 Å². The van der Waals surface area contributed by atoms with Crippen molar-refractivity contribution in [1.82, 2.24) is 0 Å². The number of benzene rings is 2. The number of aryl methyl sites for hydroxylation is 1. The summed E-state index contributed by atoms with van der Waals surface area (Å²) in [5, 5.41) is 2.70. The second-order valence-electron chi connectivity index (χ2n) is 5.17. The van der Waals surface area contributed by atoms with Crippen LogP contribution in [0.5, 0.6) is 0 Å². The Balaban J connectivity index is 2.00. The van der Waals surface area contributed by atoms with Gasteiger partial charge in [0.25, 0.3) is 11.8 Å². The Kier molecular flexibility index (Phi) is 3.25. The Bertz CT molecular complexity index is 776. The minimum Gasteiger partial charge on any atom is -0.326 e. The van der Waals surface area contributed by atoms with Crippen molar-refractivity contribution in [3.05, 3.63) is 59.2 Å². The number of hydrogen-bond donors (Lipinski definition) is 1. The molecule has 22 heavy (non-hydrogen) atoms. The lowest BCUT2D eigenvalue weighted by molar-refractivity contribution is -0.114. The fourth-order valence-electron chi connectivity index (χ4n) is 2.54. The minimum absolute atomic E-state index is 0.170. The highest BCUT2D eigenvalue weighted by molar-refractivity contribution is 6.34. The molecular weight excluding hydrogens is 280 g/mol. The van der Waals surface area contributed by atoms with Crippen LogP contribution in [-0.4, -0.2) is 17.7 Å². The third-order valence-corrected chi connectivity index (χ3v) is 3.57. The fourth-order valence-corrected chi connectivity index (χ4v) is 2.54. The molecule has 5 heteroatoms. The molecule has 0 unspecified atom stereocenters. The lowest BCUT2D eigenvalue weighted by Crippen LogP contribution is -2.29. The summed E-state index contributed by atoms with van der Waals surface area (Å²) in [6, 6.07) is 11.8. The van der Waals surface area contributed by atoms with Gasteiger partial charge in [0.05, 0.1) is 16.8 Å². The van der Waals surface area contributed by atoms with Gasteiger partial charge in [-0.3, -0.25) is 14.4 Å². The zero-order valence-electron chi connectivity index (χ0n) is 12.2. The first-order valence-electron chi connectivity index (χ1n) is 6.85. The van der Waals surface area contributed by atoms with Crippen molar-refractivity contribution in [3.8, 4) is 0 Å². The number of imide groups is 1. The van der Waals surface area contributed by atoms with Gasteiger partial charge in [-0.15, -0.1) is 0 Å². The summed E-state index contributed by atoms with van der Waals surface area (Å²) in [5.41, 5.74) is 2.77. The standard InChI is InChI=1S/C17H14N2O3/c1-10-9-12(7-8-15(10)18-11(2)20)19-16(21)13-5-3-4-6-14(13)17(19)22/h3-9H,1-2H3,(H,18,20). The molecule has 2 aromatic carbocycles. The lowest BCUT2D eigenvalue weighted by atomic mass is 10.1. The number of hydrogen-bond acceptors (Lipinski definition) is 3. The van der Waals surface area contributed by atoms with E-state index in [1.807, 2.05) is 6.92 Å². The summed E-state index contributed by atoms with van der Waals surface area (Å²) in [7, 11) is 0. The SMILES string of the molecule is CC(=O)Nc1ccc(N2C(=O)c3ccccc3C2=O)cc1C. The molecule has 1 aliphatic heterocycles. The van der Waals surface area contributed by atoms with Gasteiger partial charge in [0, 0.05) is 12.6 Å². The van der Waals surface area contributed by atoms with Crippen LogP contribution in [0.1, 0.15) is 33.2 Å². The largest absolute Gasteiger partial charge is 0.326 e. The molecule has 1 heterocycles. The van der Waals surface area contributed by atoms with E-state index in [2.05, 4.69) is 5.32 Å². The predicted octanol–water partition coefficient (Wildman–Crippen LogP) is 2.75. The Hall–Kier alpha value is -2.95. The molecular formula is C17H14N2O3. The Morgan fingerprint density at radius 1 is 1.00 bits per heavy atom. The summed E-state index contributed by atoms with van der Waals surface area (Å²) in [4.78, 5) is 37.1. The van der Waals surface area contributed by atoms with Crippen molar-refractivity contribution in [1.29, 1.82) is 0 Å². The van der Waals surface area contributed by atoms with Crippen molar-refractivity contribution in [3.63, 3.8) is 0 Å². The molecule has 0 bridgehead atoms. The van der Waals surface area contributed by atoms with Crippen molar-refractivity contribution in [2.45, 2.75) is 13.8 Å². The molecule has 3 amide bonds. The van der Waals surface area contributed by atoms with Crippen molar-refractivity contribution < 1.29 is 14.4 Å². The van der Waals surface area contributed by atoms with E-state index in [4.69, 9.17) is 0 Å². The van der Waals surface area contributed by atoms with Crippen molar-refractivity contribution >= 4 is 29.1 Å². The van der Waals surface area contributed by atoms with Crippen LogP contribution in [0.4, 0.5) is 11.4 Å². The first-order valence-corrected chi connectivity index (χ1v) is 6.85. The van der Waals surface area contributed by atoms with E-state index in [1.165, 1.54) is 6.92 Å². The smallest absolute Gasteiger partial charge is 0.266 e. The Morgan fingerprint density at radius 2 is 1.59 bits per heavy atom. The molecule has 0 aromatic heterocycles.